The van der Waals surface area contributed by atoms with Crippen LogP contribution in [0, 0.1) is 0 Å². The van der Waals surface area contributed by atoms with Gasteiger partial charge in [-0.25, -0.2) is 0 Å². The summed E-state index contributed by atoms with van der Waals surface area (Å²) in [4.78, 5) is 13.4. The number of hydrogen-bond acceptors (Lipinski definition) is 2. The normalized spacial score (nSPS) is 14.8. The molecule has 0 N–H and O–H groups in total. The second kappa shape index (κ2) is 3.98. The smallest absolute Gasteiger partial charge is 0.227 e. The summed E-state index contributed by atoms with van der Waals surface area (Å²) in [6, 6.07) is 8.23. The number of aryl methyl sites for hydroxylation is 2. The molecule has 92 valence electrons. The minimum Gasteiger partial charge on any atom is -0.315 e. The van der Waals surface area contributed by atoms with Gasteiger partial charge in [0.25, 0.3) is 0 Å². The molecule has 0 fully saturated rings. The SMILES string of the molecule is CN1C(=O)CCc2cc(-c3ccnn3C)ccc21. The van der Waals surface area contributed by atoms with Crippen LogP contribution in [0.15, 0.2) is 30.5 Å². The van der Waals surface area contributed by atoms with E-state index in [-0.39, 0.29) is 5.91 Å². The number of amides is 1. The van der Waals surface area contributed by atoms with Gasteiger partial charge in [-0.1, -0.05) is 6.07 Å². The second-order valence-electron chi connectivity index (χ2n) is 4.64. The Hall–Kier alpha value is -2.10. The lowest BCUT2D eigenvalue weighted by Gasteiger charge is -2.26. The summed E-state index contributed by atoms with van der Waals surface area (Å²) < 4.78 is 1.86. The van der Waals surface area contributed by atoms with Crippen LogP contribution in [-0.4, -0.2) is 22.7 Å². The summed E-state index contributed by atoms with van der Waals surface area (Å²) in [6.07, 6.45) is 3.22. The number of rotatable bonds is 1. The second-order valence-corrected chi connectivity index (χ2v) is 4.64. The third kappa shape index (κ3) is 1.61. The van der Waals surface area contributed by atoms with Gasteiger partial charge < -0.3 is 4.90 Å². The first kappa shape index (κ1) is 11.0. The summed E-state index contributed by atoms with van der Waals surface area (Å²) in [5.74, 6) is 0.191. The number of nitrogens with zero attached hydrogens (tertiary/aromatic N) is 3. The Balaban J connectivity index is 2.07. The van der Waals surface area contributed by atoms with Crippen LogP contribution in [0.4, 0.5) is 5.69 Å². The first-order chi connectivity index (χ1) is 8.66. The standard InChI is InChI=1S/C14H15N3O/c1-16-12-5-3-11(13-7-8-15-17(13)2)9-10(12)4-6-14(16)18/h3,5,7-9H,4,6H2,1-2H3. The average Bonchev–Trinajstić information content (AvgIpc) is 2.80. The molecule has 0 aliphatic carbocycles. The minimum absolute atomic E-state index is 0.191. The van der Waals surface area contributed by atoms with E-state index in [0.29, 0.717) is 6.42 Å². The molecule has 2 heterocycles. The molecule has 0 atom stereocenters. The Bertz CT molecular complexity index is 615. The van der Waals surface area contributed by atoms with E-state index in [4.69, 9.17) is 0 Å². The van der Waals surface area contributed by atoms with Crippen molar-refractivity contribution < 1.29 is 4.79 Å². The van der Waals surface area contributed by atoms with E-state index in [2.05, 4.69) is 11.2 Å². The van der Waals surface area contributed by atoms with E-state index < -0.39 is 0 Å². The molecule has 4 nitrogen and oxygen atoms in total. The molecule has 1 aliphatic heterocycles. The highest BCUT2D eigenvalue weighted by molar-refractivity contribution is 5.96. The highest BCUT2D eigenvalue weighted by Crippen LogP contribution is 2.30. The molecule has 1 amide bonds. The van der Waals surface area contributed by atoms with Crippen molar-refractivity contribution in [1.82, 2.24) is 9.78 Å². The van der Waals surface area contributed by atoms with Gasteiger partial charge in [-0.2, -0.15) is 5.10 Å². The maximum absolute atomic E-state index is 11.6. The Morgan fingerprint density at radius 1 is 1.17 bits per heavy atom. The van der Waals surface area contributed by atoms with Gasteiger partial charge in [-0.15, -0.1) is 0 Å². The molecule has 1 aromatic carbocycles. The van der Waals surface area contributed by atoms with Gasteiger partial charge >= 0.3 is 0 Å². The topological polar surface area (TPSA) is 38.1 Å². The minimum atomic E-state index is 0.191. The third-order valence-electron chi connectivity index (χ3n) is 3.54. The van der Waals surface area contributed by atoms with Crippen molar-refractivity contribution in [1.29, 1.82) is 0 Å². The summed E-state index contributed by atoms with van der Waals surface area (Å²) in [7, 11) is 3.77. The molecule has 0 bridgehead atoms. The first-order valence-electron chi connectivity index (χ1n) is 6.04. The van der Waals surface area contributed by atoms with Crippen LogP contribution in [0.2, 0.25) is 0 Å². The van der Waals surface area contributed by atoms with E-state index in [1.165, 1.54) is 5.56 Å². The van der Waals surface area contributed by atoms with Crippen molar-refractivity contribution in [2.75, 3.05) is 11.9 Å². The van der Waals surface area contributed by atoms with Crippen LogP contribution in [0.5, 0.6) is 0 Å². The predicted molar refractivity (Wildman–Crippen MR) is 70.4 cm³/mol. The Kier molecular flexibility index (Phi) is 2.44. The van der Waals surface area contributed by atoms with Gasteiger partial charge in [0.05, 0.1) is 5.69 Å². The van der Waals surface area contributed by atoms with Crippen LogP contribution in [-0.2, 0) is 18.3 Å². The highest BCUT2D eigenvalue weighted by atomic mass is 16.2. The molecule has 0 radical (unpaired) electrons. The van der Waals surface area contributed by atoms with E-state index in [9.17, 15) is 4.79 Å². The number of carbonyl (C=O) groups excluding carboxylic acids is 1. The van der Waals surface area contributed by atoms with Gasteiger partial charge in [0.2, 0.25) is 5.91 Å². The Morgan fingerprint density at radius 2 is 2.00 bits per heavy atom. The fourth-order valence-corrected chi connectivity index (χ4v) is 2.47. The van der Waals surface area contributed by atoms with E-state index in [0.717, 1.165) is 23.4 Å². The molecule has 0 saturated carbocycles. The van der Waals surface area contributed by atoms with Gasteiger partial charge in [-0.05, 0) is 30.2 Å². The molecule has 3 rings (SSSR count). The van der Waals surface area contributed by atoms with Crippen molar-refractivity contribution in [3.63, 3.8) is 0 Å². The lowest BCUT2D eigenvalue weighted by Crippen LogP contribution is -2.31. The van der Waals surface area contributed by atoms with Gasteiger partial charge in [0.15, 0.2) is 0 Å². The molecule has 18 heavy (non-hydrogen) atoms. The van der Waals surface area contributed by atoms with E-state index >= 15 is 0 Å². The Morgan fingerprint density at radius 3 is 2.72 bits per heavy atom. The van der Waals surface area contributed by atoms with Crippen LogP contribution in [0.25, 0.3) is 11.3 Å². The average molecular weight is 241 g/mol. The lowest BCUT2D eigenvalue weighted by molar-refractivity contribution is -0.118. The fourth-order valence-electron chi connectivity index (χ4n) is 2.47. The number of fused-ring (bicyclic) bond motifs is 1. The zero-order chi connectivity index (χ0) is 12.7. The summed E-state index contributed by atoms with van der Waals surface area (Å²) >= 11 is 0. The number of carbonyl (C=O) groups is 1. The quantitative estimate of drug-likeness (QED) is 0.766. The molecule has 0 spiro atoms. The zero-order valence-electron chi connectivity index (χ0n) is 10.6. The fraction of sp³-hybridized carbons (Fsp3) is 0.286. The van der Waals surface area contributed by atoms with Crippen molar-refractivity contribution in [2.24, 2.45) is 7.05 Å². The highest BCUT2D eigenvalue weighted by Gasteiger charge is 2.21. The maximum atomic E-state index is 11.6. The first-order valence-corrected chi connectivity index (χ1v) is 6.04. The Labute approximate surface area is 106 Å². The number of aromatic nitrogens is 2. The summed E-state index contributed by atoms with van der Waals surface area (Å²) in [6.45, 7) is 0. The van der Waals surface area contributed by atoms with Crippen molar-refractivity contribution in [2.45, 2.75) is 12.8 Å². The van der Waals surface area contributed by atoms with Crippen LogP contribution in [0.1, 0.15) is 12.0 Å². The van der Waals surface area contributed by atoms with Crippen molar-refractivity contribution in [3.8, 4) is 11.3 Å². The summed E-state index contributed by atoms with van der Waals surface area (Å²) in [5.41, 5.74) is 4.50. The largest absolute Gasteiger partial charge is 0.315 e. The van der Waals surface area contributed by atoms with Crippen LogP contribution >= 0.6 is 0 Å². The molecular formula is C14H15N3O. The molecule has 1 aliphatic rings. The predicted octanol–water partition coefficient (Wildman–Crippen LogP) is 2.00. The molecule has 0 unspecified atom stereocenters. The lowest BCUT2D eigenvalue weighted by atomic mass is 9.98. The molecule has 4 heteroatoms. The molecule has 2 aromatic rings. The molecular weight excluding hydrogens is 226 g/mol. The van der Waals surface area contributed by atoms with Gasteiger partial charge in [-0.3, -0.25) is 9.48 Å². The summed E-state index contributed by atoms with van der Waals surface area (Å²) in [5, 5.41) is 4.18. The monoisotopic (exact) mass is 241 g/mol. The third-order valence-corrected chi connectivity index (χ3v) is 3.54. The molecule has 1 aromatic heterocycles. The van der Waals surface area contributed by atoms with E-state index in [1.807, 2.05) is 37.0 Å². The van der Waals surface area contributed by atoms with Gasteiger partial charge in [0.1, 0.15) is 0 Å². The van der Waals surface area contributed by atoms with Crippen molar-refractivity contribution >= 4 is 11.6 Å². The van der Waals surface area contributed by atoms with Crippen molar-refractivity contribution in [3.05, 3.63) is 36.0 Å². The number of benzene rings is 1. The molecule has 0 saturated heterocycles. The van der Waals surface area contributed by atoms with Gasteiger partial charge in [0, 0.05) is 38.0 Å². The number of anilines is 1. The maximum Gasteiger partial charge on any atom is 0.227 e. The number of hydrogen-bond donors (Lipinski definition) is 0. The van der Waals surface area contributed by atoms with E-state index in [1.54, 1.807) is 11.1 Å². The van der Waals surface area contributed by atoms with Crippen LogP contribution < -0.4 is 4.90 Å². The van der Waals surface area contributed by atoms with Crippen LogP contribution in [0.3, 0.4) is 0 Å². The zero-order valence-corrected chi connectivity index (χ0v) is 10.6.